The van der Waals surface area contributed by atoms with Crippen LogP contribution in [0.25, 0.3) is 0 Å². The monoisotopic (exact) mass is 444 g/mol. The summed E-state index contributed by atoms with van der Waals surface area (Å²) >= 11 is 15.1. The fourth-order valence-electron chi connectivity index (χ4n) is 2.57. The standard InChI is InChI=1S/C17H12BrClF2N2OS/c1-24-7-12-17(25)23-11-6-5-8(18)15(19)14(11)16(22-12)13-9(20)3-2-4-10(13)21/h2-6,12H,7H2,1H3,(H,23,25)/t12-/m0/s1. The lowest BCUT2D eigenvalue weighted by Gasteiger charge is -2.14. The van der Waals surface area contributed by atoms with E-state index in [-0.39, 0.29) is 22.9 Å². The zero-order valence-electron chi connectivity index (χ0n) is 12.9. The molecule has 2 aromatic rings. The van der Waals surface area contributed by atoms with E-state index in [4.69, 9.17) is 28.6 Å². The van der Waals surface area contributed by atoms with Gasteiger partial charge in [-0.25, -0.2) is 8.78 Å². The number of halogens is 4. The van der Waals surface area contributed by atoms with Crippen molar-refractivity contribution in [3.8, 4) is 0 Å². The molecule has 0 saturated heterocycles. The van der Waals surface area contributed by atoms with Crippen LogP contribution in [0.1, 0.15) is 11.1 Å². The summed E-state index contributed by atoms with van der Waals surface area (Å²) in [4.78, 5) is 4.87. The van der Waals surface area contributed by atoms with E-state index < -0.39 is 17.7 Å². The Morgan fingerprint density at radius 1 is 1.24 bits per heavy atom. The summed E-state index contributed by atoms with van der Waals surface area (Å²) in [6.45, 7) is 0.165. The Morgan fingerprint density at radius 3 is 2.56 bits per heavy atom. The Hall–Kier alpha value is -1.41. The van der Waals surface area contributed by atoms with E-state index >= 15 is 0 Å². The molecule has 2 aromatic carbocycles. The van der Waals surface area contributed by atoms with Crippen LogP contribution < -0.4 is 5.32 Å². The Bertz CT molecular complexity index is 871. The summed E-state index contributed by atoms with van der Waals surface area (Å²) in [6, 6.07) is 6.49. The van der Waals surface area contributed by atoms with Gasteiger partial charge in [-0.15, -0.1) is 0 Å². The van der Waals surface area contributed by atoms with Gasteiger partial charge < -0.3 is 10.1 Å². The lowest BCUT2D eigenvalue weighted by Crippen LogP contribution is -2.28. The van der Waals surface area contributed by atoms with E-state index in [1.165, 1.54) is 25.3 Å². The van der Waals surface area contributed by atoms with Crippen molar-refractivity contribution in [3.05, 3.63) is 62.6 Å². The molecule has 1 N–H and O–H groups in total. The quantitative estimate of drug-likeness (QED) is 0.676. The van der Waals surface area contributed by atoms with Crippen LogP contribution in [-0.4, -0.2) is 30.5 Å². The lowest BCUT2D eigenvalue weighted by atomic mass is 9.99. The number of fused-ring (bicyclic) bond motifs is 1. The molecule has 1 aliphatic heterocycles. The fourth-order valence-corrected chi connectivity index (χ4v) is 3.38. The van der Waals surface area contributed by atoms with Crippen molar-refractivity contribution in [1.82, 2.24) is 0 Å². The zero-order chi connectivity index (χ0) is 18.1. The summed E-state index contributed by atoms with van der Waals surface area (Å²) in [7, 11) is 1.50. The summed E-state index contributed by atoms with van der Waals surface area (Å²) in [5.74, 6) is -1.46. The van der Waals surface area contributed by atoms with Gasteiger partial charge in [0.15, 0.2) is 0 Å². The first-order valence-electron chi connectivity index (χ1n) is 7.24. The molecule has 0 aromatic heterocycles. The average Bonchev–Trinajstić information content (AvgIpc) is 2.69. The highest BCUT2D eigenvalue weighted by molar-refractivity contribution is 9.10. The molecule has 8 heteroatoms. The number of thiocarbonyl (C=S) groups is 1. The third-order valence-corrected chi connectivity index (χ3v) is 5.36. The van der Waals surface area contributed by atoms with E-state index in [9.17, 15) is 8.78 Å². The molecule has 0 spiro atoms. The van der Waals surface area contributed by atoms with Gasteiger partial charge in [0, 0.05) is 22.8 Å². The topological polar surface area (TPSA) is 33.6 Å². The molecular weight excluding hydrogens is 434 g/mol. The second kappa shape index (κ2) is 7.45. The first kappa shape index (κ1) is 18.4. The molecular formula is C17H12BrClF2N2OS. The minimum atomic E-state index is -0.732. The van der Waals surface area contributed by atoms with Crippen molar-refractivity contribution < 1.29 is 13.5 Å². The van der Waals surface area contributed by atoms with Crippen LogP contribution in [0.3, 0.4) is 0 Å². The number of hydrogen-bond acceptors (Lipinski definition) is 3. The van der Waals surface area contributed by atoms with E-state index in [1.807, 2.05) is 0 Å². The number of hydrogen-bond donors (Lipinski definition) is 1. The van der Waals surface area contributed by atoms with E-state index in [0.29, 0.717) is 20.7 Å². The van der Waals surface area contributed by atoms with Crippen LogP contribution in [0.2, 0.25) is 5.02 Å². The lowest BCUT2D eigenvalue weighted by molar-refractivity contribution is 0.197. The van der Waals surface area contributed by atoms with Crippen molar-refractivity contribution >= 4 is 56.1 Å². The molecule has 0 aliphatic carbocycles. The van der Waals surface area contributed by atoms with Crippen LogP contribution in [0.15, 0.2) is 39.8 Å². The van der Waals surface area contributed by atoms with Gasteiger partial charge in [0.05, 0.1) is 22.9 Å². The van der Waals surface area contributed by atoms with Gasteiger partial charge in [-0.05, 0) is 40.2 Å². The summed E-state index contributed by atoms with van der Waals surface area (Å²) in [5, 5.41) is 3.34. The molecule has 1 atom stereocenters. The van der Waals surface area contributed by atoms with E-state index in [1.54, 1.807) is 12.1 Å². The number of ether oxygens (including phenoxy) is 1. The average molecular weight is 446 g/mol. The van der Waals surface area contributed by atoms with Gasteiger partial charge in [0.2, 0.25) is 0 Å². The number of benzodiazepines with no additional fused rings is 1. The molecule has 0 unspecified atom stereocenters. The molecule has 3 nitrogen and oxygen atoms in total. The molecule has 0 saturated carbocycles. The molecule has 130 valence electrons. The molecule has 1 heterocycles. The minimum absolute atomic E-state index is 0.0892. The van der Waals surface area contributed by atoms with Gasteiger partial charge in [-0.2, -0.15) is 0 Å². The van der Waals surface area contributed by atoms with Gasteiger partial charge in [0.25, 0.3) is 0 Å². The number of benzene rings is 2. The van der Waals surface area contributed by atoms with Crippen LogP contribution in [0, 0.1) is 11.6 Å². The first-order chi connectivity index (χ1) is 11.9. The normalized spacial score (nSPS) is 16.8. The second-order valence-corrected chi connectivity index (χ2v) is 6.99. The predicted octanol–water partition coefficient (Wildman–Crippen LogP) is 4.99. The SMILES string of the molecule is COC[C@@H]1N=C(c2c(F)cccc2F)c2c(ccc(Br)c2Cl)NC1=S. The van der Waals surface area contributed by atoms with Crippen LogP contribution in [-0.2, 0) is 4.74 Å². The smallest absolute Gasteiger partial charge is 0.135 e. The molecule has 0 radical (unpaired) electrons. The molecule has 25 heavy (non-hydrogen) atoms. The Kier molecular flexibility index (Phi) is 5.48. The van der Waals surface area contributed by atoms with Gasteiger partial charge in [-0.1, -0.05) is 29.9 Å². The molecule has 3 rings (SSSR count). The molecule has 0 amide bonds. The summed E-state index contributed by atoms with van der Waals surface area (Å²) < 4.78 is 34.6. The van der Waals surface area contributed by atoms with Crippen LogP contribution in [0.5, 0.6) is 0 Å². The Morgan fingerprint density at radius 2 is 1.92 bits per heavy atom. The molecule has 1 aliphatic rings. The van der Waals surface area contributed by atoms with Crippen molar-refractivity contribution in [2.45, 2.75) is 6.04 Å². The number of nitrogens with one attached hydrogen (secondary N) is 1. The zero-order valence-corrected chi connectivity index (χ0v) is 16.1. The minimum Gasteiger partial charge on any atom is -0.382 e. The second-order valence-electron chi connectivity index (χ2n) is 5.32. The van der Waals surface area contributed by atoms with Crippen molar-refractivity contribution in [2.24, 2.45) is 4.99 Å². The predicted molar refractivity (Wildman–Crippen MR) is 103 cm³/mol. The highest BCUT2D eigenvalue weighted by atomic mass is 79.9. The number of rotatable bonds is 3. The van der Waals surface area contributed by atoms with Gasteiger partial charge in [-0.3, -0.25) is 4.99 Å². The van der Waals surface area contributed by atoms with Crippen molar-refractivity contribution in [3.63, 3.8) is 0 Å². The highest BCUT2D eigenvalue weighted by Gasteiger charge is 2.29. The number of methoxy groups -OCH3 is 1. The summed E-state index contributed by atoms with van der Waals surface area (Å²) in [5.41, 5.74) is 0.738. The fraction of sp³-hybridized carbons (Fsp3) is 0.176. The van der Waals surface area contributed by atoms with Crippen LogP contribution in [0.4, 0.5) is 14.5 Å². The Balaban J connectivity index is 2.34. The maximum atomic E-state index is 14.4. The summed E-state index contributed by atoms with van der Waals surface area (Å²) in [6.07, 6.45) is 0. The number of anilines is 1. The van der Waals surface area contributed by atoms with Crippen molar-refractivity contribution in [2.75, 3.05) is 19.0 Å². The van der Waals surface area contributed by atoms with E-state index in [0.717, 1.165) is 0 Å². The largest absolute Gasteiger partial charge is 0.382 e. The maximum Gasteiger partial charge on any atom is 0.135 e. The highest BCUT2D eigenvalue weighted by Crippen LogP contribution is 2.36. The van der Waals surface area contributed by atoms with Gasteiger partial charge >= 0.3 is 0 Å². The number of nitrogens with zero attached hydrogens (tertiary/aromatic N) is 1. The third kappa shape index (κ3) is 3.46. The number of aliphatic imine (C=N–C) groups is 1. The van der Waals surface area contributed by atoms with Crippen LogP contribution >= 0.6 is 39.7 Å². The first-order valence-corrected chi connectivity index (χ1v) is 8.82. The molecule has 0 fully saturated rings. The van der Waals surface area contributed by atoms with E-state index in [2.05, 4.69) is 26.2 Å². The van der Waals surface area contributed by atoms with Gasteiger partial charge in [0.1, 0.15) is 22.7 Å². The third-order valence-electron chi connectivity index (χ3n) is 3.70. The van der Waals surface area contributed by atoms with Crippen molar-refractivity contribution in [1.29, 1.82) is 0 Å². The maximum absolute atomic E-state index is 14.4. The molecule has 0 bridgehead atoms. The Labute approximate surface area is 162 Å².